The summed E-state index contributed by atoms with van der Waals surface area (Å²) in [5.41, 5.74) is 1.65. The first kappa shape index (κ1) is 17.1. The Bertz CT molecular complexity index is 728. The average Bonchev–Trinajstić information content (AvgIpc) is 3.12. The fraction of sp³-hybridized carbons (Fsp3) is 0.474. The molecular weight excluding hydrogens is 332 g/mol. The highest BCUT2D eigenvalue weighted by molar-refractivity contribution is 5.94. The van der Waals surface area contributed by atoms with Crippen LogP contribution in [0.25, 0.3) is 0 Å². The smallest absolute Gasteiger partial charge is 0.255 e. The zero-order chi connectivity index (χ0) is 17.8. The minimum absolute atomic E-state index is 0.00938. The molecule has 2 aromatic rings. The van der Waals surface area contributed by atoms with E-state index in [9.17, 15) is 4.79 Å². The van der Waals surface area contributed by atoms with Crippen LogP contribution in [0, 0.1) is 5.92 Å². The van der Waals surface area contributed by atoms with Gasteiger partial charge < -0.3 is 14.4 Å². The lowest BCUT2D eigenvalue weighted by molar-refractivity contribution is -0.0450. The van der Waals surface area contributed by atoms with E-state index in [0.717, 1.165) is 18.4 Å². The fourth-order valence-corrected chi connectivity index (χ4v) is 3.85. The maximum atomic E-state index is 12.8. The molecule has 0 bridgehead atoms. The Morgan fingerprint density at radius 1 is 1.23 bits per heavy atom. The first-order valence-corrected chi connectivity index (χ1v) is 8.97. The van der Waals surface area contributed by atoms with E-state index in [0.29, 0.717) is 37.8 Å². The van der Waals surface area contributed by atoms with Crippen LogP contribution < -0.4 is 0 Å². The van der Waals surface area contributed by atoms with Crippen molar-refractivity contribution in [1.82, 2.24) is 20.1 Å². The van der Waals surface area contributed by atoms with E-state index in [2.05, 4.69) is 15.2 Å². The Hall–Kier alpha value is -2.38. The predicted octanol–water partition coefficient (Wildman–Crippen LogP) is 1.71. The van der Waals surface area contributed by atoms with Crippen LogP contribution in [0.4, 0.5) is 0 Å². The van der Waals surface area contributed by atoms with Gasteiger partial charge in [-0.25, -0.2) is 0 Å². The molecule has 1 aliphatic carbocycles. The summed E-state index contributed by atoms with van der Waals surface area (Å²) in [5.74, 6) is 0.403. The van der Waals surface area contributed by atoms with Crippen LogP contribution in [0.5, 0.6) is 0 Å². The monoisotopic (exact) mass is 354 g/mol. The predicted molar refractivity (Wildman–Crippen MR) is 93.2 cm³/mol. The number of carbonyl (C=O) groups excluding carboxylic acids is 1. The quantitative estimate of drug-likeness (QED) is 0.813. The Kier molecular flexibility index (Phi) is 5.17. The molecule has 2 aliphatic rings. The minimum atomic E-state index is 0.00938. The largest absolute Gasteiger partial charge is 0.376 e. The van der Waals surface area contributed by atoms with Crippen molar-refractivity contribution < 1.29 is 14.3 Å². The Labute approximate surface area is 152 Å². The Morgan fingerprint density at radius 3 is 3.00 bits per heavy atom. The number of pyridine rings is 1. The van der Waals surface area contributed by atoms with Crippen LogP contribution in [-0.4, -0.2) is 57.9 Å². The summed E-state index contributed by atoms with van der Waals surface area (Å²) < 4.78 is 11.8. The van der Waals surface area contributed by atoms with E-state index in [1.807, 2.05) is 23.2 Å². The first-order chi connectivity index (χ1) is 12.8. The van der Waals surface area contributed by atoms with Gasteiger partial charge >= 0.3 is 0 Å². The molecule has 1 saturated heterocycles. The van der Waals surface area contributed by atoms with Crippen LogP contribution in [0.3, 0.4) is 0 Å². The topological polar surface area (TPSA) is 77.4 Å². The van der Waals surface area contributed by atoms with Crippen LogP contribution in [-0.2, 0) is 16.1 Å². The van der Waals surface area contributed by atoms with Crippen LogP contribution in [0.1, 0.15) is 28.8 Å². The molecule has 1 amide bonds. The number of morpholine rings is 1. The second-order valence-electron chi connectivity index (χ2n) is 6.82. The normalized spacial score (nSPS) is 25.1. The molecule has 3 heterocycles. The molecule has 7 heteroatoms. The molecule has 2 fully saturated rings. The van der Waals surface area contributed by atoms with Gasteiger partial charge in [-0.05, 0) is 36.5 Å². The molecule has 3 atom stereocenters. The van der Waals surface area contributed by atoms with Crippen molar-refractivity contribution in [2.75, 3.05) is 19.8 Å². The summed E-state index contributed by atoms with van der Waals surface area (Å²) in [6, 6.07) is 5.74. The molecule has 0 spiro atoms. The number of carbonyl (C=O) groups is 1. The van der Waals surface area contributed by atoms with E-state index < -0.39 is 0 Å². The van der Waals surface area contributed by atoms with Gasteiger partial charge in [-0.3, -0.25) is 9.78 Å². The first-order valence-electron chi connectivity index (χ1n) is 8.97. The summed E-state index contributed by atoms with van der Waals surface area (Å²) in [6.07, 6.45) is 8.57. The van der Waals surface area contributed by atoms with Gasteiger partial charge in [0.05, 0.1) is 49.9 Å². The van der Waals surface area contributed by atoms with Crippen molar-refractivity contribution in [3.63, 3.8) is 0 Å². The Morgan fingerprint density at radius 2 is 2.19 bits per heavy atom. The van der Waals surface area contributed by atoms with Crippen LogP contribution in [0.2, 0.25) is 0 Å². The highest BCUT2D eigenvalue weighted by Gasteiger charge is 2.43. The molecule has 4 rings (SSSR count). The molecule has 1 saturated carbocycles. The van der Waals surface area contributed by atoms with Gasteiger partial charge in [0.1, 0.15) is 0 Å². The number of hydrogen-bond donors (Lipinski definition) is 0. The molecule has 26 heavy (non-hydrogen) atoms. The summed E-state index contributed by atoms with van der Waals surface area (Å²) in [6.45, 7) is 2.43. The summed E-state index contributed by atoms with van der Waals surface area (Å²) in [5, 5.41) is 7.56. The van der Waals surface area contributed by atoms with Gasteiger partial charge in [-0.2, -0.15) is 10.2 Å². The van der Waals surface area contributed by atoms with E-state index >= 15 is 0 Å². The standard InChI is InChI=1S/C19H22N4O3/c24-19(16-3-5-21-22-11-16)23-6-7-26-18-9-15(8-17(18)23)13-25-12-14-2-1-4-20-10-14/h1-5,10-11,15,17-18H,6-9,12-13H2/t15-,17-,18-/m1/s1. The maximum absolute atomic E-state index is 12.8. The molecule has 0 N–H and O–H groups in total. The van der Waals surface area contributed by atoms with Gasteiger partial charge in [0.2, 0.25) is 0 Å². The lowest BCUT2D eigenvalue weighted by Gasteiger charge is -2.37. The van der Waals surface area contributed by atoms with Crippen molar-refractivity contribution in [3.05, 3.63) is 54.1 Å². The maximum Gasteiger partial charge on any atom is 0.255 e. The molecule has 1 aliphatic heterocycles. The fourth-order valence-electron chi connectivity index (χ4n) is 3.85. The molecular formula is C19H22N4O3. The SMILES string of the molecule is O=C(c1ccnnc1)N1CCO[C@@H]2C[C@H](COCc3cccnc3)C[C@H]21. The van der Waals surface area contributed by atoms with E-state index in [-0.39, 0.29) is 18.1 Å². The van der Waals surface area contributed by atoms with Gasteiger partial charge in [0, 0.05) is 18.9 Å². The number of fused-ring (bicyclic) bond motifs is 1. The van der Waals surface area contributed by atoms with Gasteiger partial charge in [-0.15, -0.1) is 0 Å². The van der Waals surface area contributed by atoms with E-state index in [4.69, 9.17) is 9.47 Å². The number of rotatable bonds is 5. The van der Waals surface area contributed by atoms with Crippen LogP contribution >= 0.6 is 0 Å². The molecule has 7 nitrogen and oxygen atoms in total. The van der Waals surface area contributed by atoms with E-state index in [1.54, 1.807) is 18.5 Å². The summed E-state index contributed by atoms with van der Waals surface area (Å²) in [7, 11) is 0. The van der Waals surface area contributed by atoms with Crippen LogP contribution in [0.15, 0.2) is 43.0 Å². The number of amides is 1. The highest BCUT2D eigenvalue weighted by Crippen LogP contribution is 2.35. The highest BCUT2D eigenvalue weighted by atomic mass is 16.5. The molecule has 136 valence electrons. The van der Waals surface area contributed by atoms with Crippen molar-refractivity contribution in [1.29, 1.82) is 0 Å². The zero-order valence-corrected chi connectivity index (χ0v) is 14.5. The number of hydrogen-bond acceptors (Lipinski definition) is 6. The molecule has 0 unspecified atom stereocenters. The third-order valence-corrected chi connectivity index (χ3v) is 5.07. The van der Waals surface area contributed by atoms with Crippen molar-refractivity contribution in [3.8, 4) is 0 Å². The lowest BCUT2D eigenvalue weighted by atomic mass is 10.1. The van der Waals surface area contributed by atoms with Gasteiger partial charge in [0.25, 0.3) is 5.91 Å². The van der Waals surface area contributed by atoms with E-state index in [1.165, 1.54) is 6.20 Å². The summed E-state index contributed by atoms with van der Waals surface area (Å²) >= 11 is 0. The lowest BCUT2D eigenvalue weighted by Crippen LogP contribution is -2.51. The number of aromatic nitrogens is 3. The Balaban J connectivity index is 1.35. The molecule has 0 aromatic carbocycles. The van der Waals surface area contributed by atoms with Crippen molar-refractivity contribution in [2.24, 2.45) is 5.92 Å². The number of ether oxygens (including phenoxy) is 2. The molecule has 2 aromatic heterocycles. The zero-order valence-electron chi connectivity index (χ0n) is 14.5. The van der Waals surface area contributed by atoms with Crippen molar-refractivity contribution in [2.45, 2.75) is 31.6 Å². The average molecular weight is 354 g/mol. The van der Waals surface area contributed by atoms with Gasteiger partial charge in [0.15, 0.2) is 0 Å². The second-order valence-corrected chi connectivity index (χ2v) is 6.82. The van der Waals surface area contributed by atoms with Gasteiger partial charge in [-0.1, -0.05) is 6.07 Å². The minimum Gasteiger partial charge on any atom is -0.376 e. The number of nitrogens with zero attached hydrogens (tertiary/aromatic N) is 4. The third kappa shape index (κ3) is 3.73. The third-order valence-electron chi connectivity index (χ3n) is 5.07. The summed E-state index contributed by atoms with van der Waals surface area (Å²) in [4.78, 5) is 18.8. The van der Waals surface area contributed by atoms with Crippen molar-refractivity contribution >= 4 is 5.91 Å². The molecule has 0 radical (unpaired) electrons. The second kappa shape index (κ2) is 7.88.